The van der Waals surface area contributed by atoms with Crippen molar-refractivity contribution in [3.63, 3.8) is 0 Å². The number of anilines is 1. The van der Waals surface area contributed by atoms with Gasteiger partial charge >= 0.3 is 6.18 Å². The maximum Gasteiger partial charge on any atom is 0.417 e. The SMILES string of the molecule is O=C(CC1SC(=NCC2CCCO2)NC1=O)Nc1ccc(Cl)c(C(F)(F)F)c1. The first kappa shape index (κ1) is 20.9. The molecule has 152 valence electrons. The second-order valence-electron chi connectivity index (χ2n) is 6.32. The molecule has 0 radical (unpaired) electrons. The topological polar surface area (TPSA) is 79.8 Å². The van der Waals surface area contributed by atoms with Gasteiger partial charge in [-0.05, 0) is 31.0 Å². The Hall–Kier alpha value is -1.78. The Bertz CT molecular complexity index is 798. The van der Waals surface area contributed by atoms with Gasteiger partial charge in [-0.1, -0.05) is 23.4 Å². The summed E-state index contributed by atoms with van der Waals surface area (Å²) in [4.78, 5) is 28.5. The van der Waals surface area contributed by atoms with Crippen molar-refractivity contribution in [1.29, 1.82) is 0 Å². The largest absolute Gasteiger partial charge is 0.417 e. The van der Waals surface area contributed by atoms with E-state index in [0.717, 1.165) is 36.7 Å². The number of halogens is 4. The number of carbonyl (C=O) groups is 2. The third kappa shape index (κ3) is 5.39. The number of nitrogens with zero attached hydrogens (tertiary/aromatic N) is 1. The van der Waals surface area contributed by atoms with Crippen LogP contribution in [0.25, 0.3) is 0 Å². The molecule has 2 amide bonds. The third-order valence-corrected chi connectivity index (χ3v) is 5.61. The fraction of sp³-hybridized carbons (Fsp3) is 0.471. The quantitative estimate of drug-likeness (QED) is 0.742. The molecular weight excluding hydrogens is 419 g/mol. The van der Waals surface area contributed by atoms with Crippen LogP contribution in [-0.4, -0.2) is 41.5 Å². The van der Waals surface area contributed by atoms with Gasteiger partial charge in [0.25, 0.3) is 0 Å². The number of hydrogen-bond donors (Lipinski definition) is 2. The molecule has 0 saturated carbocycles. The van der Waals surface area contributed by atoms with E-state index >= 15 is 0 Å². The van der Waals surface area contributed by atoms with Gasteiger partial charge in [-0.15, -0.1) is 0 Å². The lowest BCUT2D eigenvalue weighted by Gasteiger charge is -2.12. The number of aliphatic imine (C=N–C) groups is 1. The lowest BCUT2D eigenvalue weighted by atomic mass is 10.2. The Labute approximate surface area is 168 Å². The van der Waals surface area contributed by atoms with Gasteiger partial charge in [-0.2, -0.15) is 13.2 Å². The highest BCUT2D eigenvalue weighted by Crippen LogP contribution is 2.36. The average Bonchev–Trinajstić information content (AvgIpc) is 3.24. The van der Waals surface area contributed by atoms with Crippen LogP contribution >= 0.6 is 23.4 Å². The fourth-order valence-corrected chi connectivity index (χ4v) is 3.99. The zero-order chi connectivity index (χ0) is 20.3. The zero-order valence-electron chi connectivity index (χ0n) is 14.5. The first-order valence-corrected chi connectivity index (χ1v) is 9.78. The number of ether oxygens (including phenoxy) is 1. The molecule has 1 aromatic rings. The molecule has 2 fully saturated rings. The van der Waals surface area contributed by atoms with Gasteiger partial charge in [0.2, 0.25) is 11.8 Å². The first-order valence-electron chi connectivity index (χ1n) is 8.52. The van der Waals surface area contributed by atoms with Crippen LogP contribution in [0.5, 0.6) is 0 Å². The molecule has 2 aliphatic rings. The molecule has 0 bridgehead atoms. The minimum absolute atomic E-state index is 0.0417. The van der Waals surface area contributed by atoms with Gasteiger partial charge in [0.15, 0.2) is 5.17 Å². The highest BCUT2D eigenvalue weighted by Gasteiger charge is 2.34. The predicted molar refractivity (Wildman–Crippen MR) is 100 cm³/mol. The molecule has 2 saturated heterocycles. The van der Waals surface area contributed by atoms with Crippen LogP contribution in [0.2, 0.25) is 5.02 Å². The maximum absolute atomic E-state index is 12.9. The van der Waals surface area contributed by atoms with Crippen molar-refractivity contribution < 1.29 is 27.5 Å². The van der Waals surface area contributed by atoms with E-state index in [0.29, 0.717) is 18.3 Å². The van der Waals surface area contributed by atoms with Crippen LogP contribution in [0.3, 0.4) is 0 Å². The number of alkyl halides is 3. The van der Waals surface area contributed by atoms with Crippen LogP contribution in [0.15, 0.2) is 23.2 Å². The summed E-state index contributed by atoms with van der Waals surface area (Å²) in [5, 5.41) is 4.24. The molecule has 2 atom stereocenters. The minimum Gasteiger partial charge on any atom is -0.376 e. The Kier molecular flexibility index (Phi) is 6.51. The highest BCUT2D eigenvalue weighted by atomic mass is 35.5. The molecule has 28 heavy (non-hydrogen) atoms. The van der Waals surface area contributed by atoms with Crippen molar-refractivity contribution in [2.75, 3.05) is 18.5 Å². The normalized spacial score (nSPS) is 23.9. The van der Waals surface area contributed by atoms with Gasteiger partial charge in [0.1, 0.15) is 5.25 Å². The Morgan fingerprint density at radius 3 is 2.89 bits per heavy atom. The molecular formula is C17H17ClF3N3O3S. The lowest BCUT2D eigenvalue weighted by Crippen LogP contribution is -2.28. The summed E-state index contributed by atoms with van der Waals surface area (Å²) in [6, 6.07) is 3.09. The second-order valence-corrected chi connectivity index (χ2v) is 7.92. The van der Waals surface area contributed by atoms with Crippen LogP contribution < -0.4 is 10.6 Å². The summed E-state index contributed by atoms with van der Waals surface area (Å²) in [7, 11) is 0. The molecule has 6 nitrogen and oxygen atoms in total. The number of benzene rings is 1. The third-order valence-electron chi connectivity index (χ3n) is 4.17. The van der Waals surface area contributed by atoms with E-state index in [1.807, 2.05) is 0 Å². The van der Waals surface area contributed by atoms with E-state index in [1.54, 1.807) is 0 Å². The zero-order valence-corrected chi connectivity index (χ0v) is 16.1. The number of carbonyl (C=O) groups excluding carboxylic acids is 2. The molecule has 3 rings (SSSR count). The van der Waals surface area contributed by atoms with Crippen LogP contribution in [0.4, 0.5) is 18.9 Å². The summed E-state index contributed by atoms with van der Waals surface area (Å²) in [5.41, 5.74) is -1.08. The molecule has 0 spiro atoms. The summed E-state index contributed by atoms with van der Waals surface area (Å²) in [5.74, 6) is -0.943. The molecule has 2 N–H and O–H groups in total. The van der Waals surface area contributed by atoms with E-state index in [4.69, 9.17) is 16.3 Å². The standard InChI is InChI=1S/C17H17ClF3N3O3S/c18-12-4-3-9(6-11(12)17(19,20)21)23-14(25)7-13-15(26)24-16(28-13)22-8-10-2-1-5-27-10/h3-4,6,10,13H,1-2,5,7-8H2,(H,23,25)(H,22,24,26). The summed E-state index contributed by atoms with van der Waals surface area (Å²) < 4.78 is 44.1. The van der Waals surface area contributed by atoms with Gasteiger partial charge in [-0.25, -0.2) is 0 Å². The number of hydrogen-bond acceptors (Lipinski definition) is 5. The van der Waals surface area contributed by atoms with E-state index in [2.05, 4.69) is 15.6 Å². The summed E-state index contributed by atoms with van der Waals surface area (Å²) in [6.07, 6.45) is -2.88. The summed E-state index contributed by atoms with van der Waals surface area (Å²) >= 11 is 6.68. The van der Waals surface area contributed by atoms with Crippen molar-refractivity contribution >= 4 is 46.0 Å². The van der Waals surface area contributed by atoms with E-state index in [1.165, 1.54) is 6.07 Å². The molecule has 0 aromatic heterocycles. The van der Waals surface area contributed by atoms with Gasteiger partial charge in [-0.3, -0.25) is 14.6 Å². The number of thioether (sulfide) groups is 1. The van der Waals surface area contributed by atoms with Gasteiger partial charge in [0, 0.05) is 18.7 Å². The predicted octanol–water partition coefficient (Wildman–Crippen LogP) is 3.45. The van der Waals surface area contributed by atoms with Crippen LogP contribution in [0.1, 0.15) is 24.8 Å². The van der Waals surface area contributed by atoms with E-state index < -0.39 is 27.9 Å². The van der Waals surface area contributed by atoms with Crippen molar-refractivity contribution in [3.8, 4) is 0 Å². The Morgan fingerprint density at radius 1 is 1.43 bits per heavy atom. The van der Waals surface area contributed by atoms with E-state index in [-0.39, 0.29) is 24.1 Å². The molecule has 2 unspecified atom stereocenters. The van der Waals surface area contributed by atoms with Crippen molar-refractivity contribution in [3.05, 3.63) is 28.8 Å². The van der Waals surface area contributed by atoms with Crippen LogP contribution in [-0.2, 0) is 20.5 Å². The smallest absolute Gasteiger partial charge is 0.376 e. The molecule has 2 heterocycles. The van der Waals surface area contributed by atoms with Gasteiger partial charge in [0.05, 0.1) is 23.2 Å². The Balaban J connectivity index is 1.56. The monoisotopic (exact) mass is 435 g/mol. The van der Waals surface area contributed by atoms with Crippen LogP contribution in [0, 0.1) is 0 Å². The van der Waals surface area contributed by atoms with Crippen molar-refractivity contribution in [1.82, 2.24) is 5.32 Å². The van der Waals surface area contributed by atoms with Crippen molar-refractivity contribution in [2.24, 2.45) is 4.99 Å². The molecule has 0 aliphatic carbocycles. The highest BCUT2D eigenvalue weighted by molar-refractivity contribution is 8.15. The number of rotatable bonds is 5. The molecule has 2 aliphatic heterocycles. The fourth-order valence-electron chi connectivity index (χ4n) is 2.79. The van der Waals surface area contributed by atoms with Gasteiger partial charge < -0.3 is 15.4 Å². The minimum atomic E-state index is -4.63. The lowest BCUT2D eigenvalue weighted by molar-refractivity contribution is -0.137. The summed E-state index contributed by atoms with van der Waals surface area (Å²) in [6.45, 7) is 1.14. The number of nitrogens with one attached hydrogen (secondary N) is 2. The molecule has 11 heteroatoms. The van der Waals surface area contributed by atoms with Crippen molar-refractivity contribution in [2.45, 2.75) is 36.8 Å². The Morgan fingerprint density at radius 2 is 2.21 bits per heavy atom. The second kappa shape index (κ2) is 8.71. The number of amidine groups is 1. The average molecular weight is 436 g/mol. The maximum atomic E-state index is 12.9. The van der Waals surface area contributed by atoms with E-state index in [9.17, 15) is 22.8 Å². The number of amides is 2. The molecule has 1 aromatic carbocycles. The first-order chi connectivity index (χ1) is 13.2.